The molecule has 0 bridgehead atoms. The molecule has 1 aliphatic rings. The highest BCUT2D eigenvalue weighted by Crippen LogP contribution is 2.27. The predicted octanol–water partition coefficient (Wildman–Crippen LogP) is 0.636. The molecule has 1 aliphatic heterocycles. The molecule has 0 radical (unpaired) electrons. The lowest BCUT2D eigenvalue weighted by atomic mass is 10.1. The summed E-state index contributed by atoms with van der Waals surface area (Å²) in [4.78, 5) is 34.4. The van der Waals surface area contributed by atoms with Gasteiger partial charge in [-0.3, -0.25) is 24.6 Å². The number of likely N-dealkylation sites (tertiary alicyclic amines) is 1. The molecule has 0 aliphatic carbocycles. The highest BCUT2D eigenvalue weighted by Gasteiger charge is 2.36. The van der Waals surface area contributed by atoms with Gasteiger partial charge in [-0.05, 0) is 12.1 Å². The minimum atomic E-state index is -0.847. The second kappa shape index (κ2) is 4.97. The average Bonchev–Trinajstić information content (AvgIpc) is 2.66. The maximum Gasteiger partial charge on any atom is 0.292 e. The van der Waals surface area contributed by atoms with Gasteiger partial charge in [-0.25, -0.2) is 0 Å². The first-order valence-electron chi connectivity index (χ1n) is 5.69. The van der Waals surface area contributed by atoms with E-state index in [9.17, 15) is 19.7 Å². The van der Waals surface area contributed by atoms with E-state index in [1.165, 1.54) is 25.2 Å². The van der Waals surface area contributed by atoms with Crippen molar-refractivity contribution in [2.24, 2.45) is 0 Å². The van der Waals surface area contributed by atoms with Crippen LogP contribution < -0.4 is 5.32 Å². The Hall–Kier alpha value is -2.95. The van der Waals surface area contributed by atoms with E-state index in [4.69, 9.17) is 5.26 Å². The van der Waals surface area contributed by atoms with Gasteiger partial charge in [0.1, 0.15) is 11.7 Å². The van der Waals surface area contributed by atoms with E-state index in [0.29, 0.717) is 0 Å². The smallest absolute Gasteiger partial charge is 0.292 e. The Kier molecular flexibility index (Phi) is 3.35. The van der Waals surface area contributed by atoms with Crippen molar-refractivity contribution in [2.45, 2.75) is 12.5 Å². The summed E-state index contributed by atoms with van der Waals surface area (Å²) >= 11 is 0. The van der Waals surface area contributed by atoms with Gasteiger partial charge in [0.25, 0.3) is 11.6 Å². The molecule has 20 heavy (non-hydrogen) atoms. The van der Waals surface area contributed by atoms with E-state index in [0.717, 1.165) is 4.90 Å². The molecule has 0 spiro atoms. The second-order valence-corrected chi connectivity index (χ2v) is 4.29. The number of nitrogens with one attached hydrogen (secondary N) is 1. The monoisotopic (exact) mass is 274 g/mol. The quantitative estimate of drug-likeness (QED) is 0.491. The molecule has 2 amide bonds. The fraction of sp³-hybridized carbons (Fsp3) is 0.250. The van der Waals surface area contributed by atoms with Crippen LogP contribution in [0.1, 0.15) is 12.0 Å². The molecule has 1 saturated heterocycles. The summed E-state index contributed by atoms with van der Waals surface area (Å²) in [6, 6.07) is 4.80. The third-order valence-corrected chi connectivity index (χ3v) is 3.03. The number of anilines is 1. The molecule has 0 saturated carbocycles. The Morgan fingerprint density at radius 3 is 2.70 bits per heavy atom. The number of carbonyl (C=O) groups is 2. The first-order valence-corrected chi connectivity index (χ1v) is 5.69. The van der Waals surface area contributed by atoms with Crippen LogP contribution in [0.2, 0.25) is 0 Å². The van der Waals surface area contributed by atoms with E-state index in [1.54, 1.807) is 0 Å². The molecule has 1 heterocycles. The van der Waals surface area contributed by atoms with Crippen LogP contribution in [0, 0.1) is 21.4 Å². The Bertz CT molecular complexity index is 649. The number of imide groups is 1. The maximum atomic E-state index is 11.8. The zero-order valence-electron chi connectivity index (χ0n) is 10.5. The Balaban J connectivity index is 2.33. The van der Waals surface area contributed by atoms with Crippen molar-refractivity contribution in [3.8, 4) is 6.07 Å². The number of rotatable bonds is 3. The molecule has 8 heteroatoms. The number of likely N-dealkylation sites (N-methyl/N-ethyl adjacent to an activating group) is 1. The molecular formula is C12H10N4O4. The minimum absolute atomic E-state index is 0.0514. The Morgan fingerprint density at radius 1 is 1.50 bits per heavy atom. The molecule has 1 fully saturated rings. The molecule has 1 unspecified atom stereocenters. The summed E-state index contributed by atoms with van der Waals surface area (Å²) in [6.07, 6.45) is -0.0662. The number of hydrogen-bond acceptors (Lipinski definition) is 6. The second-order valence-electron chi connectivity index (χ2n) is 4.29. The summed E-state index contributed by atoms with van der Waals surface area (Å²) in [5.74, 6) is -0.807. The van der Waals surface area contributed by atoms with Gasteiger partial charge in [0, 0.05) is 13.1 Å². The number of nitro groups is 1. The van der Waals surface area contributed by atoms with Crippen LogP contribution in [0.4, 0.5) is 11.4 Å². The van der Waals surface area contributed by atoms with Crippen molar-refractivity contribution >= 4 is 23.2 Å². The zero-order valence-corrected chi connectivity index (χ0v) is 10.5. The molecule has 1 aromatic carbocycles. The van der Waals surface area contributed by atoms with Crippen molar-refractivity contribution < 1.29 is 14.5 Å². The van der Waals surface area contributed by atoms with Crippen LogP contribution in [-0.4, -0.2) is 34.7 Å². The van der Waals surface area contributed by atoms with Crippen LogP contribution in [0.15, 0.2) is 18.2 Å². The summed E-state index contributed by atoms with van der Waals surface area (Å²) in [5.41, 5.74) is 0.0255. The van der Waals surface area contributed by atoms with E-state index < -0.39 is 16.9 Å². The molecule has 102 valence electrons. The third-order valence-electron chi connectivity index (χ3n) is 3.03. The standard InChI is InChI=1S/C12H10N4O4/c1-15-11(17)5-9(12(15)18)14-8-4-7(6-13)2-3-10(8)16(19)20/h2-4,9,14H,5H2,1H3. The number of nitrogens with zero attached hydrogens (tertiary/aromatic N) is 3. The summed E-state index contributed by atoms with van der Waals surface area (Å²) in [7, 11) is 1.35. The van der Waals surface area contributed by atoms with Gasteiger partial charge in [0.05, 0.1) is 23.0 Å². The van der Waals surface area contributed by atoms with Crippen LogP contribution in [0.25, 0.3) is 0 Å². The Labute approximate surface area is 113 Å². The number of nitro benzene ring substituents is 1. The first-order chi connectivity index (χ1) is 9.43. The number of hydrogen-bond donors (Lipinski definition) is 1. The van der Waals surface area contributed by atoms with E-state index in [2.05, 4.69) is 5.32 Å². The molecule has 8 nitrogen and oxygen atoms in total. The average molecular weight is 274 g/mol. The van der Waals surface area contributed by atoms with Crippen LogP contribution in [0.5, 0.6) is 0 Å². The maximum absolute atomic E-state index is 11.8. The van der Waals surface area contributed by atoms with Crippen LogP contribution >= 0.6 is 0 Å². The number of amides is 2. The molecule has 1 aromatic rings. The highest BCUT2D eigenvalue weighted by molar-refractivity contribution is 6.06. The summed E-state index contributed by atoms with van der Waals surface area (Å²) in [6.45, 7) is 0. The minimum Gasteiger partial charge on any atom is -0.368 e. The molecule has 2 rings (SSSR count). The Morgan fingerprint density at radius 2 is 2.20 bits per heavy atom. The van der Waals surface area contributed by atoms with Gasteiger partial charge in [-0.15, -0.1) is 0 Å². The topological polar surface area (TPSA) is 116 Å². The van der Waals surface area contributed by atoms with Gasteiger partial charge in [-0.2, -0.15) is 5.26 Å². The number of nitriles is 1. The van der Waals surface area contributed by atoms with Crippen molar-refractivity contribution in [1.29, 1.82) is 5.26 Å². The van der Waals surface area contributed by atoms with Crippen molar-refractivity contribution in [3.63, 3.8) is 0 Å². The largest absolute Gasteiger partial charge is 0.368 e. The molecule has 1 N–H and O–H groups in total. The van der Waals surface area contributed by atoms with Crippen LogP contribution in [-0.2, 0) is 9.59 Å². The molecular weight excluding hydrogens is 264 g/mol. The van der Waals surface area contributed by atoms with Gasteiger partial charge < -0.3 is 5.32 Å². The van der Waals surface area contributed by atoms with Crippen molar-refractivity contribution in [3.05, 3.63) is 33.9 Å². The number of carbonyl (C=O) groups excluding carboxylic acids is 2. The molecule has 0 aromatic heterocycles. The third kappa shape index (κ3) is 2.29. The van der Waals surface area contributed by atoms with Crippen LogP contribution in [0.3, 0.4) is 0 Å². The van der Waals surface area contributed by atoms with E-state index in [-0.39, 0.29) is 29.3 Å². The SMILES string of the molecule is CN1C(=O)CC(Nc2cc(C#N)ccc2[N+](=O)[O-])C1=O. The fourth-order valence-electron chi connectivity index (χ4n) is 1.94. The zero-order chi connectivity index (χ0) is 14.9. The fourth-order valence-corrected chi connectivity index (χ4v) is 1.94. The lowest BCUT2D eigenvalue weighted by Crippen LogP contribution is -2.32. The highest BCUT2D eigenvalue weighted by atomic mass is 16.6. The van der Waals surface area contributed by atoms with Gasteiger partial charge in [0.2, 0.25) is 5.91 Å². The predicted molar refractivity (Wildman–Crippen MR) is 67.6 cm³/mol. The van der Waals surface area contributed by atoms with Gasteiger partial charge >= 0.3 is 0 Å². The van der Waals surface area contributed by atoms with Crippen molar-refractivity contribution in [2.75, 3.05) is 12.4 Å². The summed E-state index contributed by atoms with van der Waals surface area (Å²) < 4.78 is 0. The lowest BCUT2D eigenvalue weighted by Gasteiger charge is -2.12. The van der Waals surface area contributed by atoms with Gasteiger partial charge in [-0.1, -0.05) is 0 Å². The molecule has 1 atom stereocenters. The first kappa shape index (κ1) is 13.5. The lowest BCUT2D eigenvalue weighted by molar-refractivity contribution is -0.384. The number of benzene rings is 1. The van der Waals surface area contributed by atoms with Gasteiger partial charge in [0.15, 0.2) is 0 Å². The van der Waals surface area contributed by atoms with E-state index in [1.807, 2.05) is 6.07 Å². The summed E-state index contributed by atoms with van der Waals surface area (Å²) in [5, 5.41) is 22.4. The van der Waals surface area contributed by atoms with Crippen molar-refractivity contribution in [1.82, 2.24) is 4.90 Å². The normalized spacial score (nSPS) is 18.0. The van der Waals surface area contributed by atoms with E-state index >= 15 is 0 Å².